The van der Waals surface area contributed by atoms with Crippen molar-refractivity contribution >= 4 is 10.8 Å². The first-order valence-electron chi connectivity index (χ1n) is 7.42. The van der Waals surface area contributed by atoms with Crippen LogP contribution in [-0.4, -0.2) is 29.6 Å². The number of benzene rings is 1. The van der Waals surface area contributed by atoms with Crippen LogP contribution in [0.25, 0.3) is 11.3 Å². The molecule has 1 aliphatic carbocycles. The zero-order chi connectivity index (χ0) is 15.6. The van der Waals surface area contributed by atoms with Crippen molar-refractivity contribution in [2.75, 3.05) is 0 Å². The highest BCUT2D eigenvalue weighted by atomic mass is 32.2. The summed E-state index contributed by atoms with van der Waals surface area (Å²) >= 11 is 0. The first-order valence-corrected chi connectivity index (χ1v) is 8.91. The van der Waals surface area contributed by atoms with E-state index in [1.54, 1.807) is 4.68 Å². The predicted molar refractivity (Wildman–Crippen MR) is 83.6 cm³/mol. The monoisotopic (exact) mass is 329 g/mol. The lowest BCUT2D eigenvalue weighted by Crippen LogP contribution is -2.08. The van der Waals surface area contributed by atoms with Gasteiger partial charge in [0, 0.05) is 22.4 Å². The molecule has 1 fully saturated rings. The molecule has 1 aliphatic rings. The van der Waals surface area contributed by atoms with E-state index in [9.17, 15) is 4.21 Å². The molecule has 4 rings (SSSR count). The Morgan fingerprint density at radius 2 is 2.04 bits per heavy atom. The highest BCUT2D eigenvalue weighted by Crippen LogP contribution is 2.34. The Morgan fingerprint density at radius 1 is 1.22 bits per heavy atom. The topological polar surface area (TPSA) is 86.7 Å². The SMILES string of the molecule is O=[S@@](Cc1cc(-c2ccccc2)on1)Cc1nnnn1C1CC1. The standard InChI is InChI=1S/C15H15N5O2S/c21-23(10-15-16-18-19-20(15)13-6-7-13)9-12-8-14(22-17-12)11-4-2-1-3-5-11/h1-5,8,13H,6-7,9-10H2/t23-/m0/s1. The lowest BCUT2D eigenvalue weighted by atomic mass is 10.2. The molecule has 0 radical (unpaired) electrons. The molecule has 0 spiro atoms. The largest absolute Gasteiger partial charge is 0.356 e. The van der Waals surface area contributed by atoms with Crippen molar-refractivity contribution < 1.29 is 8.73 Å². The molecule has 23 heavy (non-hydrogen) atoms. The first kappa shape index (κ1) is 14.3. The smallest absolute Gasteiger partial charge is 0.167 e. The van der Waals surface area contributed by atoms with Gasteiger partial charge in [-0.3, -0.25) is 4.21 Å². The molecule has 8 heteroatoms. The zero-order valence-corrected chi connectivity index (χ0v) is 13.1. The van der Waals surface area contributed by atoms with Crippen molar-refractivity contribution in [1.82, 2.24) is 25.4 Å². The summed E-state index contributed by atoms with van der Waals surface area (Å²) in [6.07, 6.45) is 2.18. The van der Waals surface area contributed by atoms with Gasteiger partial charge in [-0.05, 0) is 23.3 Å². The number of hydrogen-bond acceptors (Lipinski definition) is 6. The minimum Gasteiger partial charge on any atom is -0.356 e. The quantitative estimate of drug-likeness (QED) is 0.688. The van der Waals surface area contributed by atoms with Crippen LogP contribution in [0.5, 0.6) is 0 Å². The maximum atomic E-state index is 12.3. The summed E-state index contributed by atoms with van der Waals surface area (Å²) in [4.78, 5) is 0. The van der Waals surface area contributed by atoms with Gasteiger partial charge in [-0.2, -0.15) is 0 Å². The molecule has 1 atom stereocenters. The van der Waals surface area contributed by atoms with Crippen LogP contribution in [0.4, 0.5) is 0 Å². The summed E-state index contributed by atoms with van der Waals surface area (Å²) in [5, 5.41) is 15.6. The van der Waals surface area contributed by atoms with Crippen LogP contribution >= 0.6 is 0 Å². The second kappa shape index (κ2) is 6.04. The molecule has 118 valence electrons. The molecule has 7 nitrogen and oxygen atoms in total. The Balaban J connectivity index is 1.43. The summed E-state index contributed by atoms with van der Waals surface area (Å²) in [5.74, 6) is 2.02. The third kappa shape index (κ3) is 3.21. The summed E-state index contributed by atoms with van der Waals surface area (Å²) in [5.41, 5.74) is 1.63. The molecule has 0 unspecified atom stereocenters. The van der Waals surface area contributed by atoms with Crippen LogP contribution in [-0.2, 0) is 22.3 Å². The van der Waals surface area contributed by atoms with Crippen LogP contribution in [0, 0.1) is 0 Å². The fourth-order valence-electron chi connectivity index (χ4n) is 2.39. The highest BCUT2D eigenvalue weighted by Gasteiger charge is 2.28. The van der Waals surface area contributed by atoms with Crippen LogP contribution in [0.15, 0.2) is 40.9 Å². The van der Waals surface area contributed by atoms with Crippen molar-refractivity contribution in [3.63, 3.8) is 0 Å². The van der Waals surface area contributed by atoms with Gasteiger partial charge >= 0.3 is 0 Å². The number of nitrogens with zero attached hydrogens (tertiary/aromatic N) is 5. The molecule has 0 saturated heterocycles. The fourth-order valence-corrected chi connectivity index (χ4v) is 3.43. The molecule has 1 saturated carbocycles. The number of tetrazole rings is 1. The Kier molecular flexibility index (Phi) is 3.74. The van der Waals surface area contributed by atoms with Crippen LogP contribution in [0.1, 0.15) is 30.4 Å². The van der Waals surface area contributed by atoms with E-state index in [0.717, 1.165) is 18.4 Å². The Labute approximate surface area is 135 Å². The second-order valence-electron chi connectivity index (χ2n) is 5.55. The Morgan fingerprint density at radius 3 is 2.83 bits per heavy atom. The molecule has 2 aromatic heterocycles. The van der Waals surface area contributed by atoms with Crippen LogP contribution in [0.2, 0.25) is 0 Å². The highest BCUT2D eigenvalue weighted by molar-refractivity contribution is 7.83. The predicted octanol–water partition coefficient (Wildman–Crippen LogP) is 2.11. The molecule has 0 bridgehead atoms. The molecule has 2 heterocycles. The van der Waals surface area contributed by atoms with E-state index in [4.69, 9.17) is 4.52 Å². The summed E-state index contributed by atoms with van der Waals surface area (Å²) < 4.78 is 19.5. The maximum absolute atomic E-state index is 12.3. The van der Waals surface area contributed by atoms with Crippen molar-refractivity contribution in [1.29, 1.82) is 0 Å². The van der Waals surface area contributed by atoms with Crippen molar-refractivity contribution in [3.8, 4) is 11.3 Å². The summed E-state index contributed by atoms with van der Waals surface area (Å²) in [6, 6.07) is 11.9. The molecule has 0 N–H and O–H groups in total. The van der Waals surface area contributed by atoms with Crippen molar-refractivity contribution in [2.24, 2.45) is 0 Å². The average Bonchev–Trinajstić information content (AvgIpc) is 3.13. The normalized spacial score (nSPS) is 15.7. The van der Waals surface area contributed by atoms with Gasteiger partial charge in [0.15, 0.2) is 11.6 Å². The molecular weight excluding hydrogens is 314 g/mol. The number of aromatic nitrogens is 5. The van der Waals surface area contributed by atoms with Gasteiger partial charge in [0.05, 0.1) is 23.2 Å². The van der Waals surface area contributed by atoms with E-state index >= 15 is 0 Å². The Bertz CT molecular complexity index is 825. The van der Waals surface area contributed by atoms with Gasteiger partial charge in [0.25, 0.3) is 0 Å². The Hall–Kier alpha value is -2.35. The zero-order valence-electron chi connectivity index (χ0n) is 12.3. The van der Waals surface area contributed by atoms with Gasteiger partial charge in [-0.1, -0.05) is 35.5 Å². The molecule has 1 aromatic carbocycles. The van der Waals surface area contributed by atoms with Gasteiger partial charge in [0.2, 0.25) is 0 Å². The van der Waals surface area contributed by atoms with Gasteiger partial charge in [-0.25, -0.2) is 4.68 Å². The van der Waals surface area contributed by atoms with Gasteiger partial charge in [-0.15, -0.1) is 5.10 Å². The van der Waals surface area contributed by atoms with E-state index in [1.807, 2.05) is 36.4 Å². The lowest BCUT2D eigenvalue weighted by molar-refractivity contribution is 0.426. The van der Waals surface area contributed by atoms with E-state index in [-0.39, 0.29) is 0 Å². The summed E-state index contributed by atoms with van der Waals surface area (Å²) in [6.45, 7) is 0. The minimum atomic E-state index is -1.13. The van der Waals surface area contributed by atoms with E-state index in [1.165, 1.54) is 0 Å². The van der Waals surface area contributed by atoms with E-state index < -0.39 is 10.8 Å². The van der Waals surface area contributed by atoms with Gasteiger partial charge in [0.1, 0.15) is 0 Å². The van der Waals surface area contributed by atoms with Gasteiger partial charge < -0.3 is 4.52 Å². The van der Waals surface area contributed by atoms with E-state index in [0.29, 0.717) is 34.8 Å². The average molecular weight is 329 g/mol. The molecule has 3 aromatic rings. The van der Waals surface area contributed by atoms with Crippen LogP contribution in [0.3, 0.4) is 0 Å². The van der Waals surface area contributed by atoms with Crippen molar-refractivity contribution in [2.45, 2.75) is 30.4 Å². The lowest BCUT2D eigenvalue weighted by Gasteiger charge is -2.01. The number of rotatable bonds is 6. The maximum Gasteiger partial charge on any atom is 0.167 e. The van der Waals surface area contributed by atoms with E-state index in [2.05, 4.69) is 20.7 Å². The second-order valence-corrected chi connectivity index (χ2v) is 7.00. The molecule has 0 amide bonds. The molecular formula is C15H15N5O2S. The fraction of sp³-hybridized carbons (Fsp3) is 0.333. The summed E-state index contributed by atoms with van der Waals surface area (Å²) in [7, 11) is -1.13. The first-order chi connectivity index (χ1) is 11.3. The number of hydrogen-bond donors (Lipinski definition) is 0. The van der Waals surface area contributed by atoms with Crippen molar-refractivity contribution in [3.05, 3.63) is 47.9 Å². The third-order valence-corrected chi connectivity index (χ3v) is 4.87. The van der Waals surface area contributed by atoms with Crippen LogP contribution < -0.4 is 0 Å². The third-order valence-electron chi connectivity index (χ3n) is 3.67. The molecule has 0 aliphatic heterocycles. The minimum absolute atomic E-state index is 0.327.